The van der Waals surface area contributed by atoms with Crippen molar-refractivity contribution in [3.8, 4) is 0 Å². The van der Waals surface area contributed by atoms with Gasteiger partial charge in [-0.2, -0.15) is 0 Å². The lowest BCUT2D eigenvalue weighted by molar-refractivity contribution is -0.140. The molecular formula is C17H18ClFN4O3S2. The van der Waals surface area contributed by atoms with Crippen molar-refractivity contribution < 1.29 is 14.0 Å². The first kappa shape index (κ1) is 20.8. The molecule has 0 radical (unpaired) electrons. The number of hydrogen-bond donors (Lipinski definition) is 0. The van der Waals surface area contributed by atoms with Crippen molar-refractivity contribution in [1.82, 2.24) is 9.36 Å². The van der Waals surface area contributed by atoms with Crippen molar-refractivity contribution in [1.29, 1.82) is 0 Å². The smallest absolute Gasteiger partial charge is 0.317 e. The first-order valence-corrected chi connectivity index (χ1v) is 10.7. The molecule has 1 aromatic carbocycles. The highest BCUT2D eigenvalue weighted by Gasteiger charge is 2.15. The van der Waals surface area contributed by atoms with Crippen molar-refractivity contribution in [2.75, 3.05) is 5.75 Å². The van der Waals surface area contributed by atoms with Crippen LogP contribution >= 0.6 is 34.7 Å². The summed E-state index contributed by atoms with van der Waals surface area (Å²) in [5.74, 6) is -1.18. The Labute approximate surface area is 173 Å². The third-order valence-electron chi connectivity index (χ3n) is 3.78. The average Bonchev–Trinajstić information content (AvgIpc) is 2.97. The summed E-state index contributed by atoms with van der Waals surface area (Å²) in [6, 6.07) is 2.62. The molecule has 0 N–H and O–H groups in total. The van der Waals surface area contributed by atoms with Crippen LogP contribution < -0.4 is 9.67 Å². The highest BCUT2D eigenvalue weighted by atomic mass is 35.5. The van der Waals surface area contributed by atoms with Gasteiger partial charge < -0.3 is 4.84 Å². The van der Waals surface area contributed by atoms with E-state index in [1.54, 1.807) is 23.2 Å². The second-order valence-corrected chi connectivity index (χ2v) is 8.58. The molecule has 0 bridgehead atoms. The molecule has 0 amide bonds. The molecule has 0 aliphatic carbocycles. The number of halogens is 2. The van der Waals surface area contributed by atoms with Gasteiger partial charge in [0.25, 0.3) is 0 Å². The molecule has 0 unspecified atom stereocenters. The summed E-state index contributed by atoms with van der Waals surface area (Å²) >= 11 is 8.18. The standard InChI is InChI=1S/C17H18ClFN4O3S2/c1-10(2)21-26-15(24)9-27-14-8-13(12(19)7-11(14)18)20-16-22-5-3-4-6-23(22)17(25)28-16/h7-8H,3-6,9H2,1-2H3/b20-16+. The number of carbonyl (C=O) groups excluding carboxylic acids is 1. The van der Waals surface area contributed by atoms with Gasteiger partial charge in [0.15, 0.2) is 0 Å². The molecule has 1 aromatic heterocycles. The highest BCUT2D eigenvalue weighted by molar-refractivity contribution is 8.00. The van der Waals surface area contributed by atoms with Gasteiger partial charge in [0, 0.05) is 18.0 Å². The number of thioether (sulfide) groups is 1. The number of hydrogen-bond acceptors (Lipinski definition) is 7. The summed E-state index contributed by atoms with van der Waals surface area (Å²) in [7, 11) is 0. The number of oxime groups is 1. The van der Waals surface area contributed by atoms with Gasteiger partial charge in [-0.3, -0.25) is 9.48 Å². The molecule has 0 saturated heterocycles. The van der Waals surface area contributed by atoms with Gasteiger partial charge in [-0.25, -0.2) is 18.9 Å². The number of nitrogens with zero attached hydrogens (tertiary/aromatic N) is 4. The maximum atomic E-state index is 14.4. The zero-order valence-electron chi connectivity index (χ0n) is 15.3. The van der Waals surface area contributed by atoms with Crippen LogP contribution in [0.5, 0.6) is 0 Å². The van der Waals surface area contributed by atoms with Crippen LogP contribution in [0.15, 0.2) is 32.0 Å². The Balaban J connectivity index is 1.87. The monoisotopic (exact) mass is 444 g/mol. The largest absolute Gasteiger partial charge is 0.345 e. The molecule has 3 rings (SSSR count). The molecular weight excluding hydrogens is 427 g/mol. The summed E-state index contributed by atoms with van der Waals surface area (Å²) in [4.78, 5) is 33.7. The van der Waals surface area contributed by atoms with Crippen LogP contribution in [0.4, 0.5) is 10.1 Å². The summed E-state index contributed by atoms with van der Waals surface area (Å²) in [5.41, 5.74) is 0.678. The van der Waals surface area contributed by atoms with E-state index in [0.717, 1.165) is 42.0 Å². The SMILES string of the molecule is CC(C)=NOC(=O)CSc1cc(/N=c2/sc(=O)n3n2CCCC3)c(F)cc1Cl. The van der Waals surface area contributed by atoms with E-state index < -0.39 is 11.8 Å². The minimum Gasteiger partial charge on any atom is -0.317 e. The van der Waals surface area contributed by atoms with Crippen LogP contribution in [0.2, 0.25) is 5.02 Å². The fourth-order valence-corrected chi connectivity index (χ4v) is 4.46. The molecule has 7 nitrogen and oxygen atoms in total. The van der Waals surface area contributed by atoms with Crippen LogP contribution in [0.3, 0.4) is 0 Å². The minimum absolute atomic E-state index is 0.0364. The molecule has 0 fully saturated rings. The quantitative estimate of drug-likeness (QED) is 0.306. The van der Waals surface area contributed by atoms with E-state index in [1.165, 1.54) is 6.07 Å². The third kappa shape index (κ3) is 4.92. The number of benzene rings is 1. The predicted molar refractivity (Wildman–Crippen MR) is 108 cm³/mol. The lowest BCUT2D eigenvalue weighted by Crippen LogP contribution is -2.31. The van der Waals surface area contributed by atoms with Crippen molar-refractivity contribution in [2.24, 2.45) is 10.1 Å². The van der Waals surface area contributed by atoms with Gasteiger partial charge in [0.1, 0.15) is 11.5 Å². The van der Waals surface area contributed by atoms with Gasteiger partial charge in [-0.15, -0.1) is 11.8 Å². The Bertz CT molecular complexity index is 1050. The Morgan fingerprint density at radius 3 is 2.75 bits per heavy atom. The lowest BCUT2D eigenvalue weighted by atomic mass is 10.3. The van der Waals surface area contributed by atoms with E-state index in [9.17, 15) is 14.0 Å². The number of carbonyl (C=O) groups is 1. The molecule has 0 saturated carbocycles. The van der Waals surface area contributed by atoms with E-state index >= 15 is 0 Å². The zero-order chi connectivity index (χ0) is 20.3. The van der Waals surface area contributed by atoms with Crippen molar-refractivity contribution >= 4 is 52.1 Å². The van der Waals surface area contributed by atoms with Crippen molar-refractivity contribution in [3.05, 3.63) is 37.4 Å². The fraction of sp³-hybridized carbons (Fsp3) is 0.412. The molecule has 0 spiro atoms. The van der Waals surface area contributed by atoms with Crippen LogP contribution in [0.25, 0.3) is 0 Å². The van der Waals surface area contributed by atoms with Gasteiger partial charge >= 0.3 is 10.8 Å². The third-order valence-corrected chi connectivity index (χ3v) is 6.11. The zero-order valence-corrected chi connectivity index (χ0v) is 17.7. The lowest BCUT2D eigenvalue weighted by Gasteiger charge is -2.15. The van der Waals surface area contributed by atoms with Gasteiger partial charge in [-0.05, 0) is 50.2 Å². The molecule has 2 heterocycles. The first-order chi connectivity index (χ1) is 13.3. The number of rotatable bonds is 5. The van der Waals surface area contributed by atoms with Crippen molar-refractivity contribution in [3.63, 3.8) is 0 Å². The molecule has 1 aliphatic rings. The van der Waals surface area contributed by atoms with Gasteiger partial charge in [0.05, 0.1) is 16.5 Å². The van der Waals surface area contributed by atoms with Crippen LogP contribution in [-0.4, -0.2) is 26.8 Å². The Morgan fingerprint density at radius 2 is 2.04 bits per heavy atom. The van der Waals surface area contributed by atoms with E-state index in [-0.39, 0.29) is 21.3 Å². The number of fused-ring (bicyclic) bond motifs is 1. The first-order valence-electron chi connectivity index (χ1n) is 8.53. The van der Waals surface area contributed by atoms with E-state index in [2.05, 4.69) is 10.1 Å². The van der Waals surface area contributed by atoms with Crippen LogP contribution in [0, 0.1) is 5.82 Å². The van der Waals surface area contributed by atoms with Gasteiger partial charge in [-0.1, -0.05) is 16.8 Å². The van der Waals surface area contributed by atoms with Crippen molar-refractivity contribution in [2.45, 2.75) is 44.7 Å². The molecule has 11 heteroatoms. The molecule has 28 heavy (non-hydrogen) atoms. The van der Waals surface area contributed by atoms with Crippen LogP contribution in [0.1, 0.15) is 26.7 Å². The summed E-state index contributed by atoms with van der Waals surface area (Å²) in [6.45, 7) is 4.71. The van der Waals surface area contributed by atoms with Crippen LogP contribution in [-0.2, 0) is 22.7 Å². The molecule has 1 aliphatic heterocycles. The Hall–Kier alpha value is -1.91. The minimum atomic E-state index is -0.598. The average molecular weight is 445 g/mol. The molecule has 0 atom stereocenters. The van der Waals surface area contributed by atoms with E-state index in [1.807, 2.05) is 0 Å². The highest BCUT2D eigenvalue weighted by Crippen LogP contribution is 2.33. The Morgan fingerprint density at radius 1 is 1.32 bits per heavy atom. The summed E-state index contributed by atoms with van der Waals surface area (Å²) < 4.78 is 17.8. The van der Waals surface area contributed by atoms with Gasteiger partial charge in [0.2, 0.25) is 4.80 Å². The number of aromatic nitrogens is 2. The molecule has 2 aromatic rings. The predicted octanol–water partition coefficient (Wildman–Crippen LogP) is 3.56. The summed E-state index contributed by atoms with van der Waals surface area (Å²) in [5, 5.41) is 3.77. The van der Waals surface area contributed by atoms with E-state index in [0.29, 0.717) is 28.5 Å². The van der Waals surface area contributed by atoms with E-state index in [4.69, 9.17) is 16.4 Å². The summed E-state index contributed by atoms with van der Waals surface area (Å²) in [6.07, 6.45) is 1.87. The normalized spacial score (nSPS) is 13.9. The maximum Gasteiger partial charge on any atom is 0.345 e. The second-order valence-electron chi connectivity index (χ2n) is 6.24. The Kier molecular flexibility index (Phi) is 6.73. The topological polar surface area (TPSA) is 78.0 Å². The molecule has 150 valence electrons. The second kappa shape index (κ2) is 9.06. The maximum absolute atomic E-state index is 14.4. The fourth-order valence-electron chi connectivity index (χ4n) is 2.54.